The van der Waals surface area contributed by atoms with Gasteiger partial charge in [-0.3, -0.25) is 5.10 Å². The van der Waals surface area contributed by atoms with Gasteiger partial charge in [-0.15, -0.1) is 0 Å². The first-order valence-electron chi connectivity index (χ1n) is 8.31. The summed E-state index contributed by atoms with van der Waals surface area (Å²) in [6, 6.07) is 8.26. The van der Waals surface area contributed by atoms with Crippen molar-refractivity contribution >= 4 is 28.5 Å². The Kier molecular flexibility index (Phi) is 3.89. The molecule has 1 aliphatic rings. The van der Waals surface area contributed by atoms with Crippen LogP contribution in [0.5, 0.6) is 0 Å². The molecule has 8 heteroatoms. The molecule has 130 valence electrons. The predicted molar refractivity (Wildman–Crippen MR) is 98.7 cm³/mol. The van der Waals surface area contributed by atoms with Crippen molar-refractivity contribution in [3.63, 3.8) is 0 Å². The van der Waals surface area contributed by atoms with Gasteiger partial charge < -0.3 is 20.7 Å². The van der Waals surface area contributed by atoms with Crippen molar-refractivity contribution < 1.29 is 4.74 Å². The van der Waals surface area contributed by atoms with Crippen molar-refractivity contribution in [1.29, 1.82) is 0 Å². The van der Waals surface area contributed by atoms with Crippen LogP contribution in [0.1, 0.15) is 6.92 Å². The Bertz CT molecular complexity index is 907. The van der Waals surface area contributed by atoms with Crippen molar-refractivity contribution in [1.82, 2.24) is 20.2 Å². The Balaban J connectivity index is 1.78. The number of morpholine rings is 1. The molecule has 0 spiro atoms. The molecule has 0 radical (unpaired) electrons. The van der Waals surface area contributed by atoms with E-state index in [1.54, 1.807) is 0 Å². The van der Waals surface area contributed by atoms with E-state index in [9.17, 15) is 0 Å². The third-order valence-corrected chi connectivity index (χ3v) is 4.49. The highest BCUT2D eigenvalue weighted by atomic mass is 16.5. The first-order chi connectivity index (χ1) is 12.2. The number of fused-ring (bicyclic) bond motifs is 1. The molecular weight excluding hydrogens is 318 g/mol. The number of aromatic nitrogens is 4. The van der Waals surface area contributed by atoms with Gasteiger partial charge in [-0.05, 0) is 19.1 Å². The van der Waals surface area contributed by atoms with Gasteiger partial charge in [-0.25, -0.2) is 4.98 Å². The zero-order valence-corrected chi connectivity index (χ0v) is 14.3. The number of nitrogen functional groups attached to an aromatic ring is 1. The molecule has 1 saturated heterocycles. The van der Waals surface area contributed by atoms with Crippen molar-refractivity contribution in [3.8, 4) is 11.3 Å². The van der Waals surface area contributed by atoms with Gasteiger partial charge in [0.1, 0.15) is 5.82 Å². The third-order valence-electron chi connectivity index (χ3n) is 4.49. The summed E-state index contributed by atoms with van der Waals surface area (Å²) in [5.74, 6) is 1.99. The van der Waals surface area contributed by atoms with E-state index in [4.69, 9.17) is 10.5 Å². The number of nitrogens with one attached hydrogen (secondary N) is 2. The Morgan fingerprint density at radius 2 is 2.20 bits per heavy atom. The number of nitrogens with zero attached hydrogens (tertiary/aromatic N) is 4. The number of H-pyrrole nitrogens is 1. The fourth-order valence-electron chi connectivity index (χ4n) is 3.11. The third kappa shape index (κ3) is 2.85. The number of aromatic amines is 1. The Labute approximate surface area is 145 Å². The maximum atomic E-state index is 5.85. The molecule has 8 nitrogen and oxygen atoms in total. The van der Waals surface area contributed by atoms with Gasteiger partial charge in [0.25, 0.3) is 0 Å². The topological polar surface area (TPSA) is 105 Å². The smallest absolute Gasteiger partial charge is 0.224 e. The summed E-state index contributed by atoms with van der Waals surface area (Å²) in [6.45, 7) is 4.36. The molecule has 0 unspecified atom stereocenters. The van der Waals surface area contributed by atoms with Gasteiger partial charge in [0, 0.05) is 30.6 Å². The Morgan fingerprint density at radius 3 is 3.00 bits per heavy atom. The molecule has 4 rings (SSSR count). The zero-order chi connectivity index (χ0) is 17.4. The van der Waals surface area contributed by atoms with Gasteiger partial charge in [-0.1, -0.05) is 6.07 Å². The van der Waals surface area contributed by atoms with Crippen LogP contribution in [0.25, 0.3) is 22.2 Å². The minimum atomic E-state index is 0.274. The minimum Gasteiger partial charge on any atom is -0.382 e. The summed E-state index contributed by atoms with van der Waals surface area (Å²) in [5, 5.41) is 11.0. The minimum absolute atomic E-state index is 0.274. The van der Waals surface area contributed by atoms with Crippen LogP contribution in [0, 0.1) is 0 Å². The lowest BCUT2D eigenvalue weighted by atomic mass is 10.1. The fourth-order valence-corrected chi connectivity index (χ4v) is 3.11. The molecule has 1 atom stereocenters. The number of hydrogen-bond donors (Lipinski definition) is 3. The molecule has 3 heterocycles. The SMILES string of the molecule is CNc1nc(-c2ccc3c(N)n[nH]c3c2)cc(N2CCOC[C@H]2C)n1. The van der Waals surface area contributed by atoms with Crippen LogP contribution in [-0.2, 0) is 4.74 Å². The summed E-state index contributed by atoms with van der Waals surface area (Å²) in [5.41, 5.74) is 8.57. The summed E-state index contributed by atoms with van der Waals surface area (Å²) >= 11 is 0. The van der Waals surface area contributed by atoms with Crippen LogP contribution < -0.4 is 16.0 Å². The molecule has 0 aliphatic carbocycles. The normalized spacial score (nSPS) is 17.8. The van der Waals surface area contributed by atoms with Crippen molar-refractivity contribution in [2.75, 3.05) is 42.8 Å². The molecule has 0 saturated carbocycles. The lowest BCUT2D eigenvalue weighted by Crippen LogP contribution is -2.44. The van der Waals surface area contributed by atoms with Crippen molar-refractivity contribution in [2.45, 2.75) is 13.0 Å². The fraction of sp³-hybridized carbons (Fsp3) is 0.353. The number of ether oxygens (including phenoxy) is 1. The quantitative estimate of drug-likeness (QED) is 0.669. The monoisotopic (exact) mass is 339 g/mol. The van der Waals surface area contributed by atoms with Crippen LogP contribution >= 0.6 is 0 Å². The summed E-state index contributed by atoms with van der Waals surface area (Å²) in [7, 11) is 1.82. The molecule has 1 aliphatic heterocycles. The standard InChI is InChI=1S/C17H21N7O/c1-10-9-25-6-5-24(10)15-8-13(20-17(19-2)21-15)11-3-4-12-14(7-11)22-23-16(12)18/h3-4,7-8,10H,5-6,9H2,1-2H3,(H3,18,22,23)(H,19,20,21)/t10-/m1/s1. The first-order valence-corrected chi connectivity index (χ1v) is 8.31. The van der Waals surface area contributed by atoms with E-state index in [2.05, 4.69) is 37.3 Å². The van der Waals surface area contributed by atoms with Crippen LogP contribution in [0.4, 0.5) is 17.6 Å². The lowest BCUT2D eigenvalue weighted by Gasteiger charge is -2.34. The number of nitrogens with two attached hydrogens (primary N) is 1. The molecule has 0 bridgehead atoms. The molecule has 2 aromatic heterocycles. The van der Waals surface area contributed by atoms with E-state index in [1.807, 2.05) is 31.3 Å². The summed E-state index contributed by atoms with van der Waals surface area (Å²) < 4.78 is 5.53. The van der Waals surface area contributed by atoms with Gasteiger partial charge in [0.15, 0.2) is 5.82 Å². The van der Waals surface area contributed by atoms with Crippen molar-refractivity contribution in [2.24, 2.45) is 0 Å². The predicted octanol–water partition coefficient (Wildman–Crippen LogP) is 1.87. The number of anilines is 3. The van der Waals surface area contributed by atoms with E-state index < -0.39 is 0 Å². The summed E-state index contributed by atoms with van der Waals surface area (Å²) in [6.07, 6.45) is 0. The highest BCUT2D eigenvalue weighted by Gasteiger charge is 2.21. The maximum Gasteiger partial charge on any atom is 0.224 e. The lowest BCUT2D eigenvalue weighted by molar-refractivity contribution is 0.0985. The van der Waals surface area contributed by atoms with Gasteiger partial charge >= 0.3 is 0 Å². The number of hydrogen-bond acceptors (Lipinski definition) is 7. The molecule has 0 amide bonds. The highest BCUT2D eigenvalue weighted by Crippen LogP contribution is 2.28. The second-order valence-corrected chi connectivity index (χ2v) is 6.17. The molecule has 1 aromatic carbocycles. The molecular formula is C17H21N7O. The van der Waals surface area contributed by atoms with E-state index in [1.165, 1.54) is 0 Å². The molecule has 1 fully saturated rings. The average Bonchev–Trinajstić information content (AvgIpc) is 3.02. The Hall–Kier alpha value is -2.87. The zero-order valence-electron chi connectivity index (χ0n) is 14.3. The van der Waals surface area contributed by atoms with Gasteiger partial charge in [0.05, 0.1) is 30.5 Å². The molecule has 25 heavy (non-hydrogen) atoms. The van der Waals surface area contributed by atoms with E-state index >= 15 is 0 Å². The van der Waals surface area contributed by atoms with E-state index in [0.717, 1.165) is 34.5 Å². The second kappa shape index (κ2) is 6.21. The van der Waals surface area contributed by atoms with Crippen LogP contribution in [-0.4, -0.2) is 53.0 Å². The van der Waals surface area contributed by atoms with Crippen LogP contribution in [0.3, 0.4) is 0 Å². The number of rotatable bonds is 3. The highest BCUT2D eigenvalue weighted by molar-refractivity contribution is 5.91. The Morgan fingerprint density at radius 1 is 1.32 bits per heavy atom. The van der Waals surface area contributed by atoms with E-state index in [-0.39, 0.29) is 6.04 Å². The number of benzene rings is 1. The van der Waals surface area contributed by atoms with Crippen molar-refractivity contribution in [3.05, 3.63) is 24.3 Å². The first kappa shape index (κ1) is 15.6. The summed E-state index contributed by atoms with van der Waals surface area (Å²) in [4.78, 5) is 11.5. The molecule has 4 N–H and O–H groups in total. The average molecular weight is 339 g/mol. The van der Waals surface area contributed by atoms with Crippen LogP contribution in [0.15, 0.2) is 24.3 Å². The van der Waals surface area contributed by atoms with Crippen LogP contribution in [0.2, 0.25) is 0 Å². The van der Waals surface area contributed by atoms with Gasteiger partial charge in [0.2, 0.25) is 5.95 Å². The second-order valence-electron chi connectivity index (χ2n) is 6.17. The van der Waals surface area contributed by atoms with E-state index in [0.29, 0.717) is 25.0 Å². The molecule has 3 aromatic rings. The van der Waals surface area contributed by atoms with Gasteiger partial charge in [-0.2, -0.15) is 10.1 Å². The largest absolute Gasteiger partial charge is 0.382 e. The maximum absolute atomic E-state index is 5.85.